The highest BCUT2D eigenvalue weighted by molar-refractivity contribution is 5.92. The molecule has 0 spiro atoms. The van der Waals surface area contributed by atoms with Crippen LogP contribution in [0.3, 0.4) is 0 Å². The molecular weight excluding hydrogens is 282 g/mol. The number of hydrogen-bond donors (Lipinski definition) is 1. The third-order valence-corrected chi connectivity index (χ3v) is 3.78. The van der Waals surface area contributed by atoms with Gasteiger partial charge in [0.2, 0.25) is 0 Å². The van der Waals surface area contributed by atoms with E-state index in [4.69, 9.17) is 0 Å². The van der Waals surface area contributed by atoms with Crippen LogP contribution in [0.5, 0.6) is 0 Å². The Balaban J connectivity index is 1.67. The minimum atomic E-state index is -0.565. The number of aryl methyl sites for hydroxylation is 1. The van der Waals surface area contributed by atoms with Crippen molar-refractivity contribution >= 4 is 5.91 Å². The fraction of sp³-hybridized carbons (Fsp3) is 0.400. The summed E-state index contributed by atoms with van der Waals surface area (Å²) in [6, 6.07) is 0. The molecule has 7 nitrogen and oxygen atoms in total. The van der Waals surface area contributed by atoms with Crippen molar-refractivity contribution in [3.05, 3.63) is 48.1 Å². The van der Waals surface area contributed by atoms with Crippen molar-refractivity contribution in [2.24, 2.45) is 5.92 Å². The summed E-state index contributed by atoms with van der Waals surface area (Å²) in [7, 11) is 0. The van der Waals surface area contributed by atoms with Crippen molar-refractivity contribution in [1.82, 2.24) is 24.8 Å². The number of β-amino-alcohol motifs (C(OH)–C–C–N with tert-alkyl or cyclic N) is 1. The molecule has 22 heavy (non-hydrogen) atoms. The molecule has 0 unspecified atom stereocenters. The number of carbonyl (C=O) groups excluding carboxylic acids is 1. The Kier molecular flexibility index (Phi) is 4.06. The largest absolute Gasteiger partial charge is 0.391 e. The lowest BCUT2D eigenvalue weighted by molar-refractivity contribution is 0.0758. The molecule has 0 radical (unpaired) electrons. The molecule has 2 aromatic rings. The minimum Gasteiger partial charge on any atom is -0.391 e. The molecule has 0 bridgehead atoms. The molecule has 0 aromatic carbocycles. The van der Waals surface area contributed by atoms with E-state index in [1.165, 1.54) is 6.20 Å². The molecule has 2 aromatic heterocycles. The summed E-state index contributed by atoms with van der Waals surface area (Å²) in [5.74, 6) is -0.243. The van der Waals surface area contributed by atoms with Gasteiger partial charge < -0.3 is 10.0 Å². The first-order valence-electron chi connectivity index (χ1n) is 7.14. The van der Waals surface area contributed by atoms with E-state index in [0.717, 1.165) is 11.4 Å². The fourth-order valence-electron chi connectivity index (χ4n) is 2.59. The molecule has 1 saturated heterocycles. The minimum absolute atomic E-state index is 0.0425. The van der Waals surface area contributed by atoms with Crippen molar-refractivity contribution in [1.29, 1.82) is 0 Å². The Labute approximate surface area is 128 Å². The predicted octanol–water partition coefficient (Wildman–Crippen LogP) is 0.251. The zero-order valence-electron chi connectivity index (χ0n) is 12.3. The number of aliphatic hydroxyl groups excluding tert-OH is 1. The lowest BCUT2D eigenvalue weighted by atomic mass is 10.0. The third-order valence-electron chi connectivity index (χ3n) is 3.78. The zero-order valence-corrected chi connectivity index (χ0v) is 12.3. The average Bonchev–Trinajstić information content (AvgIpc) is 2.89. The van der Waals surface area contributed by atoms with E-state index in [-0.39, 0.29) is 11.8 Å². The van der Waals surface area contributed by atoms with Crippen LogP contribution in [0.2, 0.25) is 0 Å². The van der Waals surface area contributed by atoms with E-state index in [1.807, 2.05) is 6.92 Å². The van der Waals surface area contributed by atoms with E-state index in [9.17, 15) is 9.90 Å². The maximum absolute atomic E-state index is 12.4. The summed E-state index contributed by atoms with van der Waals surface area (Å²) in [5.41, 5.74) is 1.88. The van der Waals surface area contributed by atoms with E-state index >= 15 is 0 Å². The Morgan fingerprint density at radius 3 is 2.77 bits per heavy atom. The van der Waals surface area contributed by atoms with Crippen LogP contribution < -0.4 is 0 Å². The molecule has 7 heteroatoms. The van der Waals surface area contributed by atoms with Gasteiger partial charge in [-0.2, -0.15) is 0 Å². The smallest absolute Gasteiger partial charge is 0.274 e. The first-order valence-corrected chi connectivity index (χ1v) is 7.14. The molecule has 2 atom stereocenters. The maximum Gasteiger partial charge on any atom is 0.274 e. The van der Waals surface area contributed by atoms with Crippen LogP contribution >= 0.6 is 0 Å². The summed E-state index contributed by atoms with van der Waals surface area (Å²) in [6.45, 7) is 2.60. The molecule has 0 aliphatic carbocycles. The van der Waals surface area contributed by atoms with Crippen LogP contribution in [0, 0.1) is 12.8 Å². The number of rotatable bonds is 3. The molecule has 1 aliphatic rings. The Morgan fingerprint density at radius 1 is 1.23 bits per heavy atom. The molecular formula is C15H17N5O2. The second-order valence-corrected chi connectivity index (χ2v) is 5.48. The van der Waals surface area contributed by atoms with Gasteiger partial charge in [0.25, 0.3) is 5.91 Å². The van der Waals surface area contributed by atoms with Crippen LogP contribution in [-0.4, -0.2) is 55.0 Å². The Bertz CT molecular complexity index is 647. The second-order valence-electron chi connectivity index (χ2n) is 5.48. The quantitative estimate of drug-likeness (QED) is 0.873. The highest BCUT2D eigenvalue weighted by Crippen LogP contribution is 2.21. The van der Waals surface area contributed by atoms with Gasteiger partial charge in [0.05, 0.1) is 23.7 Å². The molecule has 3 heterocycles. The standard InChI is InChI=1S/C15H17N5O2/c1-10-5-19-13(7-18-10)15(22)20-8-11(14(21)9-20)4-12-6-16-2-3-17-12/h2-3,5-7,11,14,21H,4,8-9H2,1H3/t11-,14-/m1/s1. The lowest BCUT2D eigenvalue weighted by Gasteiger charge is -2.15. The average molecular weight is 299 g/mol. The van der Waals surface area contributed by atoms with Gasteiger partial charge in [0, 0.05) is 43.8 Å². The van der Waals surface area contributed by atoms with Gasteiger partial charge in [-0.05, 0) is 13.3 Å². The lowest BCUT2D eigenvalue weighted by Crippen LogP contribution is -2.30. The topological polar surface area (TPSA) is 92.1 Å². The van der Waals surface area contributed by atoms with Crippen LogP contribution in [0.1, 0.15) is 21.9 Å². The van der Waals surface area contributed by atoms with Gasteiger partial charge in [0.15, 0.2) is 0 Å². The van der Waals surface area contributed by atoms with Gasteiger partial charge in [-0.3, -0.25) is 19.7 Å². The highest BCUT2D eigenvalue weighted by atomic mass is 16.3. The predicted molar refractivity (Wildman–Crippen MR) is 77.9 cm³/mol. The van der Waals surface area contributed by atoms with Gasteiger partial charge in [-0.1, -0.05) is 0 Å². The number of amides is 1. The maximum atomic E-state index is 12.4. The SMILES string of the molecule is Cc1cnc(C(=O)N2C[C@@H](Cc3cnccn3)[C@H](O)C2)cn1. The second kappa shape index (κ2) is 6.15. The number of nitrogens with zero attached hydrogens (tertiary/aromatic N) is 5. The monoisotopic (exact) mass is 299 g/mol. The molecule has 1 aliphatic heterocycles. The van der Waals surface area contributed by atoms with E-state index < -0.39 is 6.10 Å². The van der Waals surface area contributed by atoms with Crippen molar-refractivity contribution in [3.8, 4) is 0 Å². The number of likely N-dealkylation sites (tertiary alicyclic amines) is 1. The van der Waals surface area contributed by atoms with Crippen LogP contribution in [-0.2, 0) is 6.42 Å². The summed E-state index contributed by atoms with van der Waals surface area (Å²) >= 11 is 0. The first kappa shape index (κ1) is 14.5. The van der Waals surface area contributed by atoms with Gasteiger partial charge in [-0.15, -0.1) is 0 Å². The van der Waals surface area contributed by atoms with Crippen LogP contribution in [0.4, 0.5) is 0 Å². The fourth-order valence-corrected chi connectivity index (χ4v) is 2.59. The third kappa shape index (κ3) is 3.09. The Morgan fingerprint density at radius 2 is 2.09 bits per heavy atom. The van der Waals surface area contributed by atoms with Crippen LogP contribution in [0.15, 0.2) is 31.0 Å². The molecule has 114 valence electrons. The number of carbonyl (C=O) groups is 1. The van der Waals surface area contributed by atoms with E-state index in [1.54, 1.807) is 29.7 Å². The highest BCUT2D eigenvalue weighted by Gasteiger charge is 2.35. The molecule has 1 N–H and O–H groups in total. The number of hydrogen-bond acceptors (Lipinski definition) is 6. The van der Waals surface area contributed by atoms with Crippen LogP contribution in [0.25, 0.3) is 0 Å². The molecule has 1 fully saturated rings. The van der Waals surface area contributed by atoms with E-state index in [0.29, 0.717) is 25.2 Å². The number of aromatic nitrogens is 4. The normalized spacial score (nSPS) is 21.1. The Hall–Kier alpha value is -2.41. The van der Waals surface area contributed by atoms with Crippen molar-refractivity contribution in [3.63, 3.8) is 0 Å². The summed E-state index contributed by atoms with van der Waals surface area (Å²) in [6.07, 6.45) is 7.99. The number of aliphatic hydroxyl groups is 1. The first-order chi connectivity index (χ1) is 10.6. The van der Waals surface area contributed by atoms with Gasteiger partial charge in [0.1, 0.15) is 5.69 Å². The summed E-state index contributed by atoms with van der Waals surface area (Å²) < 4.78 is 0. The zero-order chi connectivity index (χ0) is 15.5. The molecule has 0 saturated carbocycles. The van der Waals surface area contributed by atoms with Gasteiger partial charge >= 0.3 is 0 Å². The van der Waals surface area contributed by atoms with Crippen molar-refractivity contribution in [2.45, 2.75) is 19.4 Å². The van der Waals surface area contributed by atoms with E-state index in [2.05, 4.69) is 19.9 Å². The van der Waals surface area contributed by atoms with Gasteiger partial charge in [-0.25, -0.2) is 4.98 Å². The molecule has 1 amide bonds. The van der Waals surface area contributed by atoms with Crippen molar-refractivity contribution < 1.29 is 9.90 Å². The van der Waals surface area contributed by atoms with Crippen molar-refractivity contribution in [2.75, 3.05) is 13.1 Å². The molecule has 3 rings (SSSR count). The summed E-state index contributed by atoms with van der Waals surface area (Å²) in [5, 5.41) is 10.2. The summed E-state index contributed by atoms with van der Waals surface area (Å²) in [4.78, 5) is 30.4.